The van der Waals surface area contributed by atoms with Crippen molar-refractivity contribution in [2.75, 3.05) is 6.61 Å². The summed E-state index contributed by atoms with van der Waals surface area (Å²) in [5.74, 6) is -2.03. The zero-order valence-electron chi connectivity index (χ0n) is 17.2. The Bertz CT molecular complexity index is 817. The molecule has 190 valence electrons. The van der Waals surface area contributed by atoms with Gasteiger partial charge in [0.25, 0.3) is 20.2 Å². The second kappa shape index (κ2) is 10.8. The van der Waals surface area contributed by atoms with E-state index in [1.807, 2.05) is 0 Å². The molecule has 0 amide bonds. The van der Waals surface area contributed by atoms with E-state index in [1.54, 1.807) is 6.92 Å². The van der Waals surface area contributed by atoms with E-state index in [-0.39, 0.29) is 13.0 Å². The first-order valence-electron chi connectivity index (χ1n) is 9.51. The topological polar surface area (TPSA) is 233 Å². The first-order chi connectivity index (χ1) is 14.8. The van der Waals surface area contributed by atoms with Gasteiger partial charge < -0.3 is 44.1 Å². The number of aliphatic hydroxyl groups excluding tert-OH is 2. The van der Waals surface area contributed by atoms with Gasteiger partial charge in [0.1, 0.15) is 17.5 Å². The van der Waals surface area contributed by atoms with Gasteiger partial charge in [-0.25, -0.2) is 4.89 Å². The fourth-order valence-corrected chi connectivity index (χ4v) is 6.30. The van der Waals surface area contributed by atoms with Crippen LogP contribution in [0.15, 0.2) is 0 Å². The van der Waals surface area contributed by atoms with Gasteiger partial charge in [0.2, 0.25) is 0 Å². The highest BCUT2D eigenvalue weighted by Crippen LogP contribution is 2.37. The average Bonchev–Trinajstić information content (AvgIpc) is 2.84. The van der Waals surface area contributed by atoms with Crippen molar-refractivity contribution in [1.29, 1.82) is 0 Å². The molecule has 17 heteroatoms. The monoisotopic (exact) mass is 509 g/mol. The zero-order chi connectivity index (χ0) is 24.4. The van der Waals surface area contributed by atoms with Gasteiger partial charge in [0.15, 0.2) is 11.5 Å². The van der Waals surface area contributed by atoms with E-state index in [0.29, 0.717) is 0 Å². The molecule has 1 saturated carbocycles. The smallest absolute Gasteiger partial charge is 0.269 e. The predicted molar refractivity (Wildman–Crippen MR) is 92.3 cm³/mol. The van der Waals surface area contributed by atoms with Gasteiger partial charge in [-0.15, -0.1) is 0 Å². The highest BCUT2D eigenvalue weighted by molar-refractivity contribution is 7.87. The van der Waals surface area contributed by atoms with E-state index in [2.05, 4.69) is 18.6 Å². The molecule has 2 N–H and O–H groups in total. The second-order valence-electron chi connectivity index (χ2n) is 8.09. The van der Waals surface area contributed by atoms with E-state index < -0.39 is 79.2 Å². The first kappa shape index (κ1) is 27.7. The molecule has 2 rings (SSSR count). The van der Waals surface area contributed by atoms with Crippen LogP contribution in [-0.2, 0) is 48.3 Å². The van der Waals surface area contributed by atoms with Crippen LogP contribution in [0.2, 0.25) is 0 Å². The molecule has 0 radical (unpaired) electrons. The van der Waals surface area contributed by atoms with E-state index >= 15 is 0 Å². The summed E-state index contributed by atoms with van der Waals surface area (Å²) in [6.07, 6.45) is -9.27. The van der Waals surface area contributed by atoms with Crippen molar-refractivity contribution in [3.05, 3.63) is 0 Å². The van der Waals surface area contributed by atoms with E-state index in [0.717, 1.165) is 0 Å². The minimum atomic E-state index is -5.11. The van der Waals surface area contributed by atoms with Gasteiger partial charge in [-0.3, -0.25) is 5.04 Å². The number of aliphatic hydroxyl groups is 2. The fraction of sp³-hybridized carbons (Fsp3) is 1.00. The van der Waals surface area contributed by atoms with Gasteiger partial charge in [0.05, 0.1) is 18.8 Å². The molecule has 1 aliphatic heterocycles. The Morgan fingerprint density at radius 1 is 0.875 bits per heavy atom. The molecule has 0 aromatic heterocycles. The van der Waals surface area contributed by atoms with Crippen LogP contribution in [0.4, 0.5) is 0 Å². The van der Waals surface area contributed by atoms with Gasteiger partial charge >= 0.3 is 0 Å². The summed E-state index contributed by atoms with van der Waals surface area (Å²) in [4.78, 5) is 4.53. The summed E-state index contributed by atoms with van der Waals surface area (Å²) in [6.45, 7) is 4.28. The number of ether oxygens (including phenoxy) is 2. The molecule has 0 bridgehead atoms. The van der Waals surface area contributed by atoms with E-state index in [1.165, 1.54) is 13.8 Å². The van der Waals surface area contributed by atoms with Gasteiger partial charge in [-0.05, 0) is 24.2 Å². The Balaban J connectivity index is 2.54. The van der Waals surface area contributed by atoms with Crippen molar-refractivity contribution >= 4 is 20.2 Å². The van der Waals surface area contributed by atoms with Crippen LogP contribution < -0.4 is 15.8 Å². The molecule has 15 nitrogen and oxygen atoms in total. The summed E-state index contributed by atoms with van der Waals surface area (Å²) < 4.78 is 66.5. The zero-order valence-corrected chi connectivity index (χ0v) is 18.8. The third kappa shape index (κ3) is 5.57. The van der Waals surface area contributed by atoms with Crippen LogP contribution in [0.5, 0.6) is 0 Å². The summed E-state index contributed by atoms with van der Waals surface area (Å²) in [5, 5.41) is 52.3. The predicted octanol–water partition coefficient (Wildman–Crippen LogP) is -4.67. The van der Waals surface area contributed by atoms with Crippen LogP contribution in [0.3, 0.4) is 0 Å². The van der Waals surface area contributed by atoms with Crippen molar-refractivity contribution in [2.45, 2.75) is 68.4 Å². The van der Waals surface area contributed by atoms with Crippen molar-refractivity contribution < 1.29 is 70.9 Å². The Kier molecular flexibility index (Phi) is 9.36. The molecular formula is C15H25O15S2-3. The molecule has 2 aliphatic rings. The van der Waals surface area contributed by atoms with E-state index in [4.69, 9.17) is 9.47 Å². The molecule has 2 fully saturated rings. The quantitative estimate of drug-likeness (QED) is 0.231. The molecular weight excluding hydrogens is 484 g/mol. The molecule has 0 aromatic carbocycles. The normalized spacial score (nSPS) is 41.9. The maximum Gasteiger partial charge on any atom is 0.269 e. The number of rotatable bonds is 8. The Labute approximate surface area is 184 Å². The molecule has 4 unspecified atom stereocenters. The first-order valence-corrected chi connectivity index (χ1v) is 12.5. The van der Waals surface area contributed by atoms with Crippen LogP contribution in [0.1, 0.15) is 27.2 Å². The molecule has 1 heterocycles. The molecule has 1 aliphatic carbocycles. The van der Waals surface area contributed by atoms with Crippen LogP contribution >= 0.6 is 0 Å². The van der Waals surface area contributed by atoms with Crippen LogP contribution in [0, 0.1) is 17.8 Å². The molecule has 32 heavy (non-hydrogen) atoms. The minimum Gasteiger partial charge on any atom is -0.707 e. The van der Waals surface area contributed by atoms with Gasteiger partial charge in [-0.1, -0.05) is 20.8 Å². The molecule has 0 aromatic rings. The highest BCUT2D eigenvalue weighted by atomic mass is 32.2. The Morgan fingerprint density at radius 3 is 1.97 bits per heavy atom. The second-order valence-corrected chi connectivity index (χ2v) is 11.4. The summed E-state index contributed by atoms with van der Waals surface area (Å²) >= 11 is 0. The molecule has 10 atom stereocenters. The lowest BCUT2D eigenvalue weighted by Crippen LogP contribution is -2.61. The van der Waals surface area contributed by atoms with Crippen LogP contribution in [-0.4, -0.2) is 74.9 Å². The Hall–Kier alpha value is -0.540. The maximum absolute atomic E-state index is 12.4. The minimum absolute atomic E-state index is 0.216. The van der Waals surface area contributed by atoms with Crippen molar-refractivity contribution in [3.63, 3.8) is 0 Å². The molecule has 1 saturated heterocycles. The highest BCUT2D eigenvalue weighted by Gasteiger charge is 2.54. The van der Waals surface area contributed by atoms with Gasteiger partial charge in [-0.2, -0.15) is 16.8 Å². The van der Waals surface area contributed by atoms with Gasteiger partial charge in [0, 0.05) is 0 Å². The third-order valence-corrected chi connectivity index (χ3v) is 8.85. The lowest BCUT2D eigenvalue weighted by atomic mass is 9.83. The van der Waals surface area contributed by atoms with Crippen molar-refractivity contribution in [2.24, 2.45) is 17.8 Å². The largest absolute Gasteiger partial charge is 0.707 e. The summed E-state index contributed by atoms with van der Waals surface area (Å²) in [6, 6.07) is 0. The average molecular weight is 509 g/mol. The SMILES string of the molecule is CC1CO[C@@H](O[C@@H]2C(S(=O)(=O)O[O-])[C@@H](O)CC(C)[C@@H]2O)C(S(=O)(=O)O[O-])[C@@H](OO[O-])[C@@H]1C. The van der Waals surface area contributed by atoms with Crippen molar-refractivity contribution in [1.82, 2.24) is 0 Å². The Morgan fingerprint density at radius 2 is 1.44 bits per heavy atom. The standard InChI is InChI=1S/C15H28O15S2/c1-6-4-9(16)13(31(21,22)29-19)12(10(6)17)26-15-14(32(23,24)30-20)11(27-28-18)8(3)7(2)5-25-15/h6-20H,4-5H2,1-3H3/p-3/t6?,7?,8-,9+,10+,11+,12+,13?,14?,15+/m1/s1. The number of hydrogen-bond acceptors (Lipinski definition) is 15. The van der Waals surface area contributed by atoms with E-state index in [9.17, 15) is 42.8 Å². The lowest BCUT2D eigenvalue weighted by molar-refractivity contribution is -0.806. The summed E-state index contributed by atoms with van der Waals surface area (Å²) in [7, 11) is -10.1. The fourth-order valence-electron chi connectivity index (χ4n) is 4.03. The van der Waals surface area contributed by atoms with Crippen molar-refractivity contribution in [3.8, 4) is 0 Å². The maximum atomic E-state index is 12.4. The summed E-state index contributed by atoms with van der Waals surface area (Å²) in [5.41, 5.74) is 0. The lowest BCUT2D eigenvalue weighted by Gasteiger charge is -2.43. The van der Waals surface area contributed by atoms with Crippen LogP contribution in [0.25, 0.3) is 0 Å². The number of hydrogen-bond donors (Lipinski definition) is 2. The third-order valence-electron chi connectivity index (χ3n) is 6.07. The molecule has 0 spiro atoms.